The van der Waals surface area contributed by atoms with Gasteiger partial charge in [-0.1, -0.05) is 33.1 Å². The Morgan fingerprint density at radius 1 is 1.14 bits per heavy atom. The van der Waals surface area contributed by atoms with Crippen LogP contribution in [0.5, 0.6) is 0 Å². The van der Waals surface area contributed by atoms with Crippen LogP contribution in [0, 0.1) is 17.8 Å². The van der Waals surface area contributed by atoms with Crippen LogP contribution in [0.1, 0.15) is 52.4 Å². The average molecular weight is 195 g/mol. The number of rotatable bonds is 3. The maximum absolute atomic E-state index is 3.64. The minimum Gasteiger partial charge on any atom is -0.314 e. The lowest BCUT2D eigenvalue weighted by Gasteiger charge is -2.43. The van der Waals surface area contributed by atoms with Crippen molar-refractivity contribution in [2.45, 2.75) is 58.4 Å². The van der Waals surface area contributed by atoms with Gasteiger partial charge < -0.3 is 5.32 Å². The van der Waals surface area contributed by atoms with Crippen molar-refractivity contribution in [1.82, 2.24) is 5.32 Å². The largest absolute Gasteiger partial charge is 0.314 e. The maximum Gasteiger partial charge on any atom is 0.00698 e. The predicted molar refractivity (Wildman–Crippen MR) is 61.3 cm³/mol. The van der Waals surface area contributed by atoms with E-state index < -0.39 is 0 Å². The molecule has 1 nitrogen and oxygen atoms in total. The Morgan fingerprint density at radius 3 is 2.50 bits per heavy atom. The first-order chi connectivity index (χ1) is 6.81. The van der Waals surface area contributed by atoms with E-state index in [4.69, 9.17) is 0 Å². The molecule has 0 amide bonds. The highest BCUT2D eigenvalue weighted by molar-refractivity contribution is 4.88. The molecule has 0 aromatic heterocycles. The highest BCUT2D eigenvalue weighted by Crippen LogP contribution is 2.43. The van der Waals surface area contributed by atoms with Gasteiger partial charge in [0, 0.05) is 6.04 Å². The lowest BCUT2D eigenvalue weighted by Crippen LogP contribution is -2.40. The summed E-state index contributed by atoms with van der Waals surface area (Å²) < 4.78 is 0. The molecule has 2 fully saturated rings. The van der Waals surface area contributed by atoms with Crippen molar-refractivity contribution in [2.75, 3.05) is 6.54 Å². The van der Waals surface area contributed by atoms with Crippen molar-refractivity contribution >= 4 is 0 Å². The molecule has 0 spiro atoms. The molecular formula is C13H25N. The SMILES string of the molecule is CCNC1CCC(C)C(C2CCC2)C1. The van der Waals surface area contributed by atoms with E-state index in [9.17, 15) is 0 Å². The molecule has 2 saturated carbocycles. The van der Waals surface area contributed by atoms with Crippen molar-refractivity contribution < 1.29 is 0 Å². The van der Waals surface area contributed by atoms with Crippen molar-refractivity contribution in [3.8, 4) is 0 Å². The van der Waals surface area contributed by atoms with Crippen LogP contribution in [-0.4, -0.2) is 12.6 Å². The van der Waals surface area contributed by atoms with Gasteiger partial charge in [-0.15, -0.1) is 0 Å². The molecule has 0 saturated heterocycles. The zero-order chi connectivity index (χ0) is 9.97. The fraction of sp³-hybridized carbons (Fsp3) is 1.00. The van der Waals surface area contributed by atoms with Crippen LogP contribution in [0.3, 0.4) is 0 Å². The first-order valence-corrected chi connectivity index (χ1v) is 6.54. The second-order valence-electron chi connectivity index (χ2n) is 5.40. The van der Waals surface area contributed by atoms with Gasteiger partial charge in [-0.2, -0.15) is 0 Å². The highest BCUT2D eigenvalue weighted by Gasteiger charge is 2.35. The lowest BCUT2D eigenvalue weighted by molar-refractivity contribution is 0.0945. The van der Waals surface area contributed by atoms with Gasteiger partial charge in [-0.25, -0.2) is 0 Å². The van der Waals surface area contributed by atoms with Crippen molar-refractivity contribution in [2.24, 2.45) is 17.8 Å². The first-order valence-electron chi connectivity index (χ1n) is 6.54. The standard InChI is InChI=1S/C13H25N/c1-3-14-12-8-7-10(2)13(9-12)11-5-4-6-11/h10-14H,3-9H2,1-2H3. The molecule has 3 atom stereocenters. The molecule has 0 bridgehead atoms. The molecule has 2 aliphatic carbocycles. The minimum atomic E-state index is 0.835. The number of hydrogen-bond acceptors (Lipinski definition) is 1. The molecule has 0 aromatic rings. The zero-order valence-electron chi connectivity index (χ0n) is 9.76. The van der Waals surface area contributed by atoms with E-state index in [2.05, 4.69) is 19.2 Å². The summed E-state index contributed by atoms with van der Waals surface area (Å²) in [5, 5.41) is 3.64. The van der Waals surface area contributed by atoms with E-state index in [1.807, 2.05) is 0 Å². The van der Waals surface area contributed by atoms with Crippen LogP contribution in [0.25, 0.3) is 0 Å². The third-order valence-electron chi connectivity index (χ3n) is 4.51. The van der Waals surface area contributed by atoms with Crippen molar-refractivity contribution in [3.63, 3.8) is 0 Å². The van der Waals surface area contributed by atoms with Gasteiger partial charge >= 0.3 is 0 Å². The highest BCUT2D eigenvalue weighted by atomic mass is 14.9. The summed E-state index contributed by atoms with van der Waals surface area (Å²) in [5.41, 5.74) is 0. The number of hydrogen-bond donors (Lipinski definition) is 1. The Morgan fingerprint density at radius 2 is 1.93 bits per heavy atom. The Labute approximate surface area is 88.7 Å². The van der Waals surface area contributed by atoms with E-state index in [0.717, 1.165) is 30.3 Å². The Bertz CT molecular complexity index is 172. The van der Waals surface area contributed by atoms with E-state index in [-0.39, 0.29) is 0 Å². The first kappa shape index (κ1) is 10.5. The monoisotopic (exact) mass is 195 g/mol. The van der Waals surface area contributed by atoms with E-state index in [1.54, 1.807) is 0 Å². The van der Waals surface area contributed by atoms with Crippen molar-refractivity contribution in [1.29, 1.82) is 0 Å². The molecule has 2 rings (SSSR count). The second kappa shape index (κ2) is 4.65. The zero-order valence-corrected chi connectivity index (χ0v) is 9.76. The molecule has 3 unspecified atom stereocenters. The van der Waals surface area contributed by atoms with Crippen LogP contribution < -0.4 is 5.32 Å². The molecule has 0 radical (unpaired) electrons. The molecule has 0 heterocycles. The van der Waals surface area contributed by atoms with Crippen LogP contribution in [0.15, 0.2) is 0 Å². The van der Waals surface area contributed by atoms with E-state index >= 15 is 0 Å². The van der Waals surface area contributed by atoms with Gasteiger partial charge in [0.2, 0.25) is 0 Å². The minimum absolute atomic E-state index is 0.835. The van der Waals surface area contributed by atoms with Gasteiger partial charge in [-0.3, -0.25) is 0 Å². The molecule has 0 aliphatic heterocycles. The molecular weight excluding hydrogens is 170 g/mol. The van der Waals surface area contributed by atoms with Gasteiger partial charge in [-0.05, 0) is 43.6 Å². The summed E-state index contributed by atoms with van der Waals surface area (Å²) in [6.07, 6.45) is 8.87. The van der Waals surface area contributed by atoms with E-state index in [1.165, 1.54) is 38.5 Å². The van der Waals surface area contributed by atoms with Gasteiger partial charge in [0.25, 0.3) is 0 Å². The molecule has 82 valence electrons. The maximum atomic E-state index is 3.64. The molecule has 2 aliphatic rings. The third kappa shape index (κ3) is 2.13. The summed E-state index contributed by atoms with van der Waals surface area (Å²) in [6.45, 7) is 5.86. The second-order valence-corrected chi connectivity index (χ2v) is 5.40. The normalized spacial score (nSPS) is 39.4. The summed E-state index contributed by atoms with van der Waals surface area (Å²) >= 11 is 0. The molecule has 0 aromatic carbocycles. The Hall–Kier alpha value is -0.0400. The summed E-state index contributed by atoms with van der Waals surface area (Å²) in [4.78, 5) is 0. The fourth-order valence-electron chi connectivity index (χ4n) is 3.36. The van der Waals surface area contributed by atoms with Crippen LogP contribution in [0.2, 0.25) is 0 Å². The van der Waals surface area contributed by atoms with Crippen molar-refractivity contribution in [3.05, 3.63) is 0 Å². The van der Waals surface area contributed by atoms with Gasteiger partial charge in [0.15, 0.2) is 0 Å². The Kier molecular flexibility index (Phi) is 3.48. The van der Waals surface area contributed by atoms with Crippen LogP contribution in [-0.2, 0) is 0 Å². The van der Waals surface area contributed by atoms with Crippen LogP contribution in [0.4, 0.5) is 0 Å². The van der Waals surface area contributed by atoms with Gasteiger partial charge in [0.05, 0.1) is 0 Å². The lowest BCUT2D eigenvalue weighted by atomic mass is 9.65. The quantitative estimate of drug-likeness (QED) is 0.729. The average Bonchev–Trinajstić information content (AvgIpc) is 2.08. The third-order valence-corrected chi connectivity index (χ3v) is 4.51. The fourth-order valence-corrected chi connectivity index (χ4v) is 3.36. The predicted octanol–water partition coefficient (Wildman–Crippen LogP) is 3.20. The van der Waals surface area contributed by atoms with Crippen LogP contribution >= 0.6 is 0 Å². The Balaban J connectivity index is 1.86. The summed E-state index contributed by atoms with van der Waals surface area (Å²) in [6, 6.07) is 0.835. The molecule has 1 heteroatoms. The molecule has 14 heavy (non-hydrogen) atoms. The topological polar surface area (TPSA) is 12.0 Å². The smallest absolute Gasteiger partial charge is 0.00698 e. The molecule has 1 N–H and O–H groups in total. The number of nitrogens with one attached hydrogen (secondary N) is 1. The van der Waals surface area contributed by atoms with E-state index in [0.29, 0.717) is 0 Å². The summed E-state index contributed by atoms with van der Waals surface area (Å²) in [7, 11) is 0. The summed E-state index contributed by atoms with van der Waals surface area (Å²) in [5.74, 6) is 3.13. The van der Waals surface area contributed by atoms with Gasteiger partial charge in [0.1, 0.15) is 0 Å².